The third kappa shape index (κ3) is 8.93. The highest BCUT2D eigenvalue weighted by molar-refractivity contribution is 7.91. The third-order valence-electron chi connectivity index (χ3n) is 1.80. The van der Waals surface area contributed by atoms with Crippen LogP contribution in [0.4, 0.5) is 0 Å². The number of amides is 1. The molecular weight excluding hydrogens is 286 g/mol. The van der Waals surface area contributed by atoms with Crippen LogP contribution in [0, 0.1) is 0 Å². The van der Waals surface area contributed by atoms with Gasteiger partial charge in [0.15, 0.2) is 9.84 Å². The standard InChI is InChI=1S/C8H15NO7S2/c1-17(13,14)4-3-6(8(11)12)9-7(10)5-18(2,15)16/h6H,3-5H2,1-2H3,(H,9,10)(H,11,12). The second kappa shape index (κ2) is 6.14. The lowest BCUT2D eigenvalue weighted by Crippen LogP contribution is -2.44. The normalized spacial score (nSPS) is 13.9. The Morgan fingerprint density at radius 2 is 1.61 bits per heavy atom. The van der Waals surface area contributed by atoms with E-state index in [4.69, 9.17) is 5.11 Å². The Morgan fingerprint density at radius 3 is 1.94 bits per heavy atom. The van der Waals surface area contributed by atoms with E-state index in [0.717, 1.165) is 12.5 Å². The predicted molar refractivity (Wildman–Crippen MR) is 63.6 cm³/mol. The van der Waals surface area contributed by atoms with Gasteiger partial charge < -0.3 is 10.4 Å². The Hall–Kier alpha value is -1.16. The smallest absolute Gasteiger partial charge is 0.326 e. The van der Waals surface area contributed by atoms with Crippen LogP contribution in [-0.2, 0) is 29.3 Å². The first kappa shape index (κ1) is 16.8. The fourth-order valence-electron chi connectivity index (χ4n) is 1.06. The van der Waals surface area contributed by atoms with E-state index < -0.39 is 49.1 Å². The molecule has 0 aromatic rings. The van der Waals surface area contributed by atoms with Crippen LogP contribution in [0.2, 0.25) is 0 Å². The fourth-order valence-corrected chi connectivity index (χ4v) is 2.29. The van der Waals surface area contributed by atoms with Crippen molar-refractivity contribution < 1.29 is 31.5 Å². The topological polar surface area (TPSA) is 135 Å². The first-order valence-electron chi connectivity index (χ1n) is 4.78. The lowest BCUT2D eigenvalue weighted by Gasteiger charge is -2.13. The van der Waals surface area contributed by atoms with Crippen LogP contribution in [0.5, 0.6) is 0 Å². The number of hydrogen-bond acceptors (Lipinski definition) is 6. The molecule has 0 saturated heterocycles. The summed E-state index contributed by atoms with van der Waals surface area (Å²) in [7, 11) is -6.92. The first-order valence-corrected chi connectivity index (χ1v) is 8.90. The highest BCUT2D eigenvalue weighted by Crippen LogP contribution is 1.97. The Balaban J connectivity index is 4.56. The van der Waals surface area contributed by atoms with E-state index in [2.05, 4.69) is 0 Å². The average molecular weight is 301 g/mol. The third-order valence-corrected chi connectivity index (χ3v) is 3.57. The van der Waals surface area contributed by atoms with E-state index in [1.807, 2.05) is 5.32 Å². The first-order chi connectivity index (χ1) is 7.91. The molecule has 0 aromatic heterocycles. The Kier molecular flexibility index (Phi) is 5.74. The van der Waals surface area contributed by atoms with Crippen LogP contribution >= 0.6 is 0 Å². The maximum atomic E-state index is 11.2. The molecule has 106 valence electrons. The second-order valence-corrected chi connectivity index (χ2v) is 8.35. The number of nitrogens with one attached hydrogen (secondary N) is 1. The van der Waals surface area contributed by atoms with E-state index in [1.54, 1.807) is 0 Å². The van der Waals surface area contributed by atoms with E-state index in [-0.39, 0.29) is 6.42 Å². The summed E-state index contributed by atoms with van der Waals surface area (Å²) < 4.78 is 43.4. The summed E-state index contributed by atoms with van der Waals surface area (Å²) in [6, 6.07) is -1.42. The van der Waals surface area contributed by atoms with E-state index >= 15 is 0 Å². The van der Waals surface area contributed by atoms with Gasteiger partial charge in [-0.05, 0) is 6.42 Å². The summed E-state index contributed by atoms with van der Waals surface area (Å²) in [5.41, 5.74) is 0. The molecule has 1 atom stereocenters. The fraction of sp³-hybridized carbons (Fsp3) is 0.750. The van der Waals surface area contributed by atoms with Gasteiger partial charge in [0.05, 0.1) is 5.75 Å². The van der Waals surface area contributed by atoms with Crippen LogP contribution in [-0.4, -0.2) is 63.9 Å². The van der Waals surface area contributed by atoms with Crippen molar-refractivity contribution in [2.75, 3.05) is 24.0 Å². The minimum absolute atomic E-state index is 0.316. The van der Waals surface area contributed by atoms with Gasteiger partial charge in [-0.3, -0.25) is 4.79 Å². The van der Waals surface area contributed by atoms with E-state index in [9.17, 15) is 26.4 Å². The molecule has 0 aromatic carbocycles. The van der Waals surface area contributed by atoms with Crippen LogP contribution in [0.15, 0.2) is 0 Å². The molecule has 0 spiro atoms. The summed E-state index contributed by atoms with van der Waals surface area (Å²) in [6.07, 6.45) is 1.45. The summed E-state index contributed by atoms with van der Waals surface area (Å²) in [5, 5.41) is 10.7. The van der Waals surface area contributed by atoms with Crippen molar-refractivity contribution in [2.45, 2.75) is 12.5 Å². The number of aliphatic carboxylic acids is 1. The maximum Gasteiger partial charge on any atom is 0.326 e. The number of carboxylic acids is 1. The Bertz CT molecular complexity index is 520. The molecule has 0 aliphatic carbocycles. The summed E-state index contributed by atoms with van der Waals surface area (Å²) in [6.45, 7) is 0. The van der Waals surface area contributed by atoms with Crippen molar-refractivity contribution in [3.05, 3.63) is 0 Å². The summed E-state index contributed by atoms with van der Waals surface area (Å²) in [4.78, 5) is 22.0. The van der Waals surface area contributed by atoms with Crippen molar-refractivity contribution in [2.24, 2.45) is 0 Å². The van der Waals surface area contributed by atoms with Gasteiger partial charge in [-0.15, -0.1) is 0 Å². The molecule has 8 nitrogen and oxygen atoms in total. The van der Waals surface area contributed by atoms with Crippen LogP contribution in [0.1, 0.15) is 6.42 Å². The van der Waals surface area contributed by atoms with Gasteiger partial charge >= 0.3 is 5.97 Å². The number of carbonyl (C=O) groups is 2. The molecule has 1 unspecified atom stereocenters. The van der Waals surface area contributed by atoms with Crippen LogP contribution < -0.4 is 5.32 Å². The molecule has 0 heterocycles. The van der Waals surface area contributed by atoms with Crippen LogP contribution in [0.25, 0.3) is 0 Å². The molecule has 0 radical (unpaired) electrons. The minimum Gasteiger partial charge on any atom is -0.480 e. The Labute approximate surface area is 105 Å². The number of carbonyl (C=O) groups excluding carboxylic acids is 1. The monoisotopic (exact) mass is 301 g/mol. The zero-order valence-electron chi connectivity index (χ0n) is 9.91. The van der Waals surface area contributed by atoms with E-state index in [1.165, 1.54) is 0 Å². The summed E-state index contributed by atoms with van der Waals surface area (Å²) >= 11 is 0. The van der Waals surface area contributed by atoms with Gasteiger partial charge in [-0.25, -0.2) is 21.6 Å². The second-order valence-electron chi connectivity index (χ2n) is 3.95. The van der Waals surface area contributed by atoms with Crippen LogP contribution in [0.3, 0.4) is 0 Å². The zero-order chi connectivity index (χ0) is 14.6. The number of carboxylic acid groups (broad SMARTS) is 1. The van der Waals surface area contributed by atoms with Gasteiger partial charge in [0.25, 0.3) is 0 Å². The minimum atomic E-state index is -3.56. The molecule has 0 aliphatic rings. The van der Waals surface area contributed by atoms with E-state index in [0.29, 0.717) is 0 Å². The largest absolute Gasteiger partial charge is 0.480 e. The van der Waals surface area contributed by atoms with Gasteiger partial charge in [0, 0.05) is 12.5 Å². The van der Waals surface area contributed by atoms with Gasteiger partial charge in [0.1, 0.15) is 21.6 Å². The molecule has 0 bridgehead atoms. The van der Waals surface area contributed by atoms with Crippen molar-refractivity contribution in [1.82, 2.24) is 5.32 Å². The molecule has 0 aliphatic heterocycles. The van der Waals surface area contributed by atoms with Gasteiger partial charge in [0.2, 0.25) is 5.91 Å². The lowest BCUT2D eigenvalue weighted by atomic mass is 10.2. The molecule has 10 heteroatoms. The molecule has 18 heavy (non-hydrogen) atoms. The molecule has 0 rings (SSSR count). The zero-order valence-corrected chi connectivity index (χ0v) is 11.5. The highest BCUT2D eigenvalue weighted by Gasteiger charge is 2.23. The maximum absolute atomic E-state index is 11.2. The Morgan fingerprint density at radius 1 is 1.11 bits per heavy atom. The van der Waals surface area contributed by atoms with Crippen molar-refractivity contribution in [3.8, 4) is 0 Å². The van der Waals surface area contributed by atoms with Gasteiger partial charge in [-0.1, -0.05) is 0 Å². The quantitative estimate of drug-likeness (QED) is 0.557. The predicted octanol–water partition coefficient (Wildman–Crippen LogP) is -1.96. The SMILES string of the molecule is CS(=O)(=O)CCC(NC(=O)CS(C)(=O)=O)C(=O)O. The van der Waals surface area contributed by atoms with Gasteiger partial charge in [-0.2, -0.15) is 0 Å². The number of rotatable bonds is 7. The average Bonchev–Trinajstić information content (AvgIpc) is 2.06. The molecule has 0 fully saturated rings. The van der Waals surface area contributed by atoms with Crippen molar-refractivity contribution >= 4 is 31.6 Å². The summed E-state index contributed by atoms with van der Waals surface area (Å²) in [5.74, 6) is -3.64. The van der Waals surface area contributed by atoms with Crippen molar-refractivity contribution in [3.63, 3.8) is 0 Å². The molecule has 2 N–H and O–H groups in total. The number of sulfone groups is 2. The number of hydrogen-bond donors (Lipinski definition) is 2. The molecular formula is C8H15NO7S2. The molecule has 0 saturated carbocycles. The van der Waals surface area contributed by atoms with Crippen molar-refractivity contribution in [1.29, 1.82) is 0 Å². The highest BCUT2D eigenvalue weighted by atomic mass is 32.2. The molecule has 1 amide bonds. The lowest BCUT2D eigenvalue weighted by molar-refractivity contribution is -0.141.